The van der Waals surface area contributed by atoms with Crippen LogP contribution in [0.2, 0.25) is 0 Å². The third kappa shape index (κ3) is 3.41. The molecule has 134 valence electrons. The second-order valence-electron chi connectivity index (χ2n) is 6.49. The Morgan fingerprint density at radius 3 is 2.77 bits per heavy atom. The van der Waals surface area contributed by atoms with Crippen molar-refractivity contribution in [3.8, 4) is 0 Å². The number of nitrogens with zero attached hydrogens (tertiary/aromatic N) is 2. The molecule has 1 fully saturated rings. The number of benzene rings is 2. The largest absolute Gasteiger partial charge is 0.378 e. The van der Waals surface area contributed by atoms with Gasteiger partial charge >= 0.3 is 5.69 Å². The summed E-state index contributed by atoms with van der Waals surface area (Å²) in [5.74, 6) is 1.36. The topological polar surface area (TPSA) is 70.2 Å². The molecule has 0 saturated carbocycles. The molecule has 4 rings (SSSR count). The quantitative estimate of drug-likeness (QED) is 0.757. The molecule has 26 heavy (non-hydrogen) atoms. The highest BCUT2D eigenvalue weighted by molar-refractivity contribution is 5.86. The average Bonchev–Trinajstić information content (AvgIpc) is 2.67. The van der Waals surface area contributed by atoms with Crippen LogP contribution in [0.5, 0.6) is 0 Å². The Morgan fingerprint density at radius 2 is 1.92 bits per heavy atom. The zero-order chi connectivity index (χ0) is 17.9. The first-order valence-corrected chi connectivity index (χ1v) is 8.89. The van der Waals surface area contributed by atoms with E-state index in [1.165, 1.54) is 16.3 Å². The molecule has 1 saturated heterocycles. The summed E-state index contributed by atoms with van der Waals surface area (Å²) in [5.41, 5.74) is 0.843. The van der Waals surface area contributed by atoms with E-state index in [-0.39, 0.29) is 11.7 Å². The second kappa shape index (κ2) is 7.17. The van der Waals surface area contributed by atoms with Gasteiger partial charge in [0.2, 0.25) is 0 Å². The first-order chi connectivity index (χ1) is 12.7. The molecule has 0 aliphatic carbocycles. The lowest BCUT2D eigenvalue weighted by atomic mass is 10.00. The molecule has 1 aliphatic heterocycles. The molecule has 0 bridgehead atoms. The number of morpholine rings is 1. The smallest absolute Gasteiger partial charge is 0.348 e. The van der Waals surface area contributed by atoms with E-state index in [0.717, 1.165) is 13.1 Å². The molecule has 1 atom stereocenters. The number of nitrogens with one attached hydrogen (secondary N) is 2. The number of fused-ring (bicyclic) bond motifs is 1. The Morgan fingerprint density at radius 1 is 1.15 bits per heavy atom. The maximum atomic E-state index is 12.0. The van der Waals surface area contributed by atoms with Crippen LogP contribution in [0.4, 0.5) is 11.6 Å². The van der Waals surface area contributed by atoms with Gasteiger partial charge in [-0.15, -0.1) is 0 Å². The Balaban J connectivity index is 1.62. The minimum absolute atomic E-state index is 0.0386. The van der Waals surface area contributed by atoms with E-state index < -0.39 is 0 Å². The van der Waals surface area contributed by atoms with Gasteiger partial charge < -0.3 is 15.0 Å². The summed E-state index contributed by atoms with van der Waals surface area (Å²) in [6.45, 7) is 4.89. The number of hydrogen-bond acceptors (Lipinski definition) is 5. The fourth-order valence-corrected chi connectivity index (χ4v) is 3.42. The summed E-state index contributed by atoms with van der Waals surface area (Å²) in [7, 11) is 0. The van der Waals surface area contributed by atoms with Crippen molar-refractivity contribution in [2.75, 3.05) is 36.5 Å². The summed E-state index contributed by atoms with van der Waals surface area (Å²) < 4.78 is 5.37. The van der Waals surface area contributed by atoms with Crippen molar-refractivity contribution in [1.82, 2.24) is 9.97 Å². The lowest BCUT2D eigenvalue weighted by molar-refractivity contribution is 0.122. The summed E-state index contributed by atoms with van der Waals surface area (Å²) in [4.78, 5) is 21.0. The fraction of sp³-hybridized carbons (Fsp3) is 0.300. The van der Waals surface area contributed by atoms with Crippen molar-refractivity contribution in [2.24, 2.45) is 0 Å². The lowest BCUT2D eigenvalue weighted by Crippen LogP contribution is -2.37. The van der Waals surface area contributed by atoms with Crippen molar-refractivity contribution in [3.63, 3.8) is 0 Å². The predicted octanol–water partition coefficient (Wildman–Crippen LogP) is 2.93. The van der Waals surface area contributed by atoms with Gasteiger partial charge in [0.05, 0.1) is 19.3 Å². The Labute approximate surface area is 151 Å². The molecule has 1 aromatic heterocycles. The fourth-order valence-electron chi connectivity index (χ4n) is 3.42. The molecule has 0 amide bonds. The monoisotopic (exact) mass is 350 g/mol. The van der Waals surface area contributed by atoms with Gasteiger partial charge in [-0.25, -0.2) is 4.79 Å². The van der Waals surface area contributed by atoms with E-state index in [1.54, 1.807) is 0 Å². The molecule has 6 heteroatoms. The van der Waals surface area contributed by atoms with E-state index in [0.29, 0.717) is 24.8 Å². The number of aromatic amines is 1. The molecule has 0 unspecified atom stereocenters. The van der Waals surface area contributed by atoms with Crippen LogP contribution in [0.25, 0.3) is 10.8 Å². The van der Waals surface area contributed by atoms with Gasteiger partial charge in [0.25, 0.3) is 0 Å². The summed E-state index contributed by atoms with van der Waals surface area (Å²) >= 11 is 0. The first-order valence-electron chi connectivity index (χ1n) is 8.89. The van der Waals surface area contributed by atoms with E-state index >= 15 is 0 Å². The molecular weight excluding hydrogens is 328 g/mol. The van der Waals surface area contributed by atoms with Crippen LogP contribution < -0.4 is 15.9 Å². The van der Waals surface area contributed by atoms with Crippen LogP contribution in [0.15, 0.2) is 53.3 Å². The van der Waals surface area contributed by atoms with Crippen LogP contribution in [-0.2, 0) is 4.74 Å². The normalized spacial score (nSPS) is 15.8. The van der Waals surface area contributed by atoms with Gasteiger partial charge in [-0.1, -0.05) is 42.5 Å². The van der Waals surface area contributed by atoms with Crippen LogP contribution in [0.3, 0.4) is 0 Å². The number of anilines is 2. The summed E-state index contributed by atoms with van der Waals surface area (Å²) in [6.07, 6.45) is 0. The standard InChI is InChI=1S/C20H22N4O2/c1-14(16-8-4-6-15-5-2-3-7-17(15)16)21-18-13-19(23-20(25)22-18)24-9-11-26-12-10-24/h2-8,13-14H,9-12H2,1H3,(H2,21,22,23,25)/t14-/m1/s1. The van der Waals surface area contributed by atoms with Crippen LogP contribution in [0, 0.1) is 0 Å². The van der Waals surface area contributed by atoms with E-state index in [1.807, 2.05) is 18.2 Å². The van der Waals surface area contributed by atoms with Crippen molar-refractivity contribution in [1.29, 1.82) is 0 Å². The number of ether oxygens (including phenoxy) is 1. The van der Waals surface area contributed by atoms with Crippen molar-refractivity contribution in [3.05, 3.63) is 64.6 Å². The Kier molecular flexibility index (Phi) is 4.58. The van der Waals surface area contributed by atoms with Crippen molar-refractivity contribution >= 4 is 22.4 Å². The Bertz CT molecular complexity index is 958. The minimum atomic E-state index is -0.346. The van der Waals surface area contributed by atoms with Crippen LogP contribution in [0.1, 0.15) is 18.5 Å². The minimum Gasteiger partial charge on any atom is -0.378 e. The molecule has 2 aromatic carbocycles. The van der Waals surface area contributed by atoms with Crippen LogP contribution >= 0.6 is 0 Å². The highest BCUT2D eigenvalue weighted by Crippen LogP contribution is 2.26. The number of aromatic nitrogens is 2. The number of rotatable bonds is 4. The molecule has 0 radical (unpaired) electrons. The average molecular weight is 350 g/mol. The summed E-state index contributed by atoms with van der Waals surface area (Å²) in [5, 5.41) is 5.83. The third-order valence-electron chi connectivity index (χ3n) is 4.73. The number of hydrogen-bond donors (Lipinski definition) is 2. The van der Waals surface area contributed by atoms with Crippen LogP contribution in [-0.4, -0.2) is 36.3 Å². The van der Waals surface area contributed by atoms with Gasteiger partial charge in [0.1, 0.15) is 11.6 Å². The number of H-pyrrole nitrogens is 1. The van der Waals surface area contributed by atoms with E-state index in [2.05, 4.69) is 57.4 Å². The molecule has 2 N–H and O–H groups in total. The van der Waals surface area contributed by atoms with Gasteiger partial charge in [-0.05, 0) is 23.3 Å². The van der Waals surface area contributed by atoms with E-state index in [4.69, 9.17) is 4.74 Å². The van der Waals surface area contributed by atoms with Gasteiger partial charge in [0, 0.05) is 19.2 Å². The molecule has 2 heterocycles. The SMILES string of the molecule is C[C@@H](Nc1cc(N2CCOCC2)nc(=O)[nH]1)c1cccc2ccccc12. The zero-order valence-electron chi connectivity index (χ0n) is 14.7. The molecule has 6 nitrogen and oxygen atoms in total. The highest BCUT2D eigenvalue weighted by atomic mass is 16.5. The molecular formula is C20H22N4O2. The van der Waals surface area contributed by atoms with Gasteiger partial charge in [-0.3, -0.25) is 4.98 Å². The zero-order valence-corrected chi connectivity index (χ0v) is 14.7. The Hall–Kier alpha value is -2.86. The maximum Gasteiger partial charge on any atom is 0.348 e. The van der Waals surface area contributed by atoms with Gasteiger partial charge in [0.15, 0.2) is 0 Å². The van der Waals surface area contributed by atoms with Crippen molar-refractivity contribution < 1.29 is 4.74 Å². The predicted molar refractivity (Wildman–Crippen MR) is 104 cm³/mol. The van der Waals surface area contributed by atoms with E-state index in [9.17, 15) is 4.79 Å². The molecule has 3 aromatic rings. The third-order valence-corrected chi connectivity index (χ3v) is 4.73. The molecule has 1 aliphatic rings. The second-order valence-corrected chi connectivity index (χ2v) is 6.49. The molecule has 0 spiro atoms. The first kappa shape index (κ1) is 16.6. The van der Waals surface area contributed by atoms with Gasteiger partial charge in [-0.2, -0.15) is 4.98 Å². The van der Waals surface area contributed by atoms with Crippen molar-refractivity contribution in [2.45, 2.75) is 13.0 Å². The highest BCUT2D eigenvalue weighted by Gasteiger charge is 2.15. The summed E-state index contributed by atoms with van der Waals surface area (Å²) in [6, 6.07) is 16.5. The maximum absolute atomic E-state index is 12.0. The lowest BCUT2D eigenvalue weighted by Gasteiger charge is -2.28.